The molecule has 0 heterocycles. The van der Waals surface area contributed by atoms with E-state index < -0.39 is 11.8 Å². The number of ketones is 1. The molecule has 0 aliphatic rings. The van der Waals surface area contributed by atoms with Crippen molar-refractivity contribution < 1.29 is 19.8 Å². The molecule has 96 valence electrons. The van der Waals surface area contributed by atoms with Gasteiger partial charge in [-0.15, -0.1) is 0 Å². The lowest BCUT2D eigenvalue weighted by atomic mass is 9.96. The molecule has 2 aromatic carbocycles. The zero-order valence-electron chi connectivity index (χ0n) is 9.83. The number of phenolic OH excluding ortho intramolecular Hbond substituents is 1. The Bertz CT molecular complexity index is 664. The molecule has 4 N–H and O–H groups in total. The van der Waals surface area contributed by atoms with Gasteiger partial charge >= 0.3 is 5.97 Å². The van der Waals surface area contributed by atoms with Gasteiger partial charge in [-0.2, -0.15) is 0 Å². The number of aromatic hydroxyl groups is 1. The second kappa shape index (κ2) is 4.81. The number of nitrogen functional groups attached to an aromatic ring is 1. The number of carboxylic acids is 1. The number of benzene rings is 2. The van der Waals surface area contributed by atoms with Crippen LogP contribution < -0.4 is 5.73 Å². The number of hydrogen-bond acceptors (Lipinski definition) is 4. The summed E-state index contributed by atoms with van der Waals surface area (Å²) in [5.41, 5.74) is 5.46. The largest absolute Gasteiger partial charge is 0.507 e. The summed E-state index contributed by atoms with van der Waals surface area (Å²) in [4.78, 5) is 23.4. The summed E-state index contributed by atoms with van der Waals surface area (Å²) in [6.07, 6.45) is 0. The maximum absolute atomic E-state index is 12.3. The standard InChI is InChI=1S/C14H11NO4/c15-10-6-3-5-9(14(18)19)12(10)13(17)8-4-1-2-7-11(8)16/h1-7,16H,15H2,(H,18,19). The van der Waals surface area contributed by atoms with Crippen molar-refractivity contribution in [1.29, 1.82) is 0 Å². The number of para-hydroxylation sites is 1. The molecule has 0 atom stereocenters. The van der Waals surface area contributed by atoms with Crippen LogP contribution >= 0.6 is 0 Å². The lowest BCUT2D eigenvalue weighted by molar-refractivity contribution is 0.0693. The first-order valence-corrected chi connectivity index (χ1v) is 5.47. The van der Waals surface area contributed by atoms with Crippen LogP contribution in [0.25, 0.3) is 0 Å². The van der Waals surface area contributed by atoms with Gasteiger partial charge in [-0.05, 0) is 24.3 Å². The summed E-state index contributed by atoms with van der Waals surface area (Å²) < 4.78 is 0. The second-order valence-corrected chi connectivity index (χ2v) is 3.92. The number of carboxylic acid groups (broad SMARTS) is 1. The molecule has 0 saturated carbocycles. The molecular formula is C14H11NO4. The van der Waals surface area contributed by atoms with Crippen LogP contribution in [0.1, 0.15) is 26.3 Å². The first-order chi connectivity index (χ1) is 9.02. The first kappa shape index (κ1) is 12.6. The van der Waals surface area contributed by atoms with E-state index >= 15 is 0 Å². The van der Waals surface area contributed by atoms with Crippen molar-refractivity contribution >= 4 is 17.4 Å². The molecule has 0 unspecified atom stereocenters. The smallest absolute Gasteiger partial charge is 0.336 e. The van der Waals surface area contributed by atoms with Gasteiger partial charge in [0, 0.05) is 5.69 Å². The monoisotopic (exact) mass is 257 g/mol. The molecule has 0 spiro atoms. The van der Waals surface area contributed by atoms with Crippen LogP contribution in [0.2, 0.25) is 0 Å². The number of anilines is 1. The molecule has 0 fully saturated rings. The Morgan fingerprint density at radius 2 is 1.58 bits per heavy atom. The molecule has 0 aliphatic heterocycles. The van der Waals surface area contributed by atoms with Crippen LogP contribution in [-0.2, 0) is 0 Å². The fourth-order valence-corrected chi connectivity index (χ4v) is 1.80. The quantitative estimate of drug-likeness (QED) is 0.576. The Labute approximate surface area is 108 Å². The molecule has 2 rings (SSSR count). The van der Waals surface area contributed by atoms with Crippen molar-refractivity contribution in [3.05, 3.63) is 59.2 Å². The molecule has 0 saturated heterocycles. The molecule has 0 radical (unpaired) electrons. The van der Waals surface area contributed by atoms with Crippen molar-refractivity contribution in [1.82, 2.24) is 0 Å². The minimum absolute atomic E-state index is 0.0166. The zero-order chi connectivity index (χ0) is 14.0. The topological polar surface area (TPSA) is 101 Å². The Balaban J connectivity index is 2.63. The Morgan fingerprint density at radius 1 is 0.947 bits per heavy atom. The van der Waals surface area contributed by atoms with E-state index in [1.807, 2.05) is 0 Å². The Hall–Kier alpha value is -2.82. The normalized spacial score (nSPS) is 10.1. The predicted molar refractivity (Wildman–Crippen MR) is 69.4 cm³/mol. The van der Waals surface area contributed by atoms with Crippen LogP contribution in [-0.4, -0.2) is 22.0 Å². The van der Waals surface area contributed by atoms with Gasteiger partial charge in [-0.3, -0.25) is 4.79 Å². The van der Waals surface area contributed by atoms with Gasteiger partial charge < -0.3 is 15.9 Å². The van der Waals surface area contributed by atoms with Gasteiger partial charge in [-0.1, -0.05) is 18.2 Å². The summed E-state index contributed by atoms with van der Waals surface area (Å²) in [6.45, 7) is 0. The predicted octanol–water partition coefficient (Wildman–Crippen LogP) is 1.90. The maximum atomic E-state index is 12.3. The maximum Gasteiger partial charge on any atom is 0.336 e. The SMILES string of the molecule is Nc1cccc(C(=O)O)c1C(=O)c1ccccc1O. The van der Waals surface area contributed by atoms with Gasteiger partial charge in [0.25, 0.3) is 0 Å². The molecule has 5 heteroatoms. The molecule has 19 heavy (non-hydrogen) atoms. The third kappa shape index (κ3) is 2.26. The van der Waals surface area contributed by atoms with E-state index in [-0.39, 0.29) is 28.1 Å². The van der Waals surface area contributed by atoms with E-state index in [1.165, 1.54) is 30.3 Å². The number of carbonyl (C=O) groups is 2. The van der Waals surface area contributed by atoms with Crippen LogP contribution in [0.4, 0.5) is 5.69 Å². The molecule has 0 bridgehead atoms. The summed E-state index contributed by atoms with van der Waals surface area (Å²) in [7, 11) is 0. The lowest BCUT2D eigenvalue weighted by Crippen LogP contribution is -2.12. The fraction of sp³-hybridized carbons (Fsp3) is 0. The van der Waals surface area contributed by atoms with E-state index in [0.717, 1.165) is 0 Å². The van der Waals surface area contributed by atoms with E-state index in [2.05, 4.69) is 0 Å². The van der Waals surface area contributed by atoms with Gasteiger partial charge in [0.05, 0.1) is 16.7 Å². The van der Waals surface area contributed by atoms with Crippen molar-refractivity contribution in [3.63, 3.8) is 0 Å². The number of carbonyl (C=O) groups excluding carboxylic acids is 1. The van der Waals surface area contributed by atoms with Gasteiger partial charge in [0.15, 0.2) is 5.78 Å². The van der Waals surface area contributed by atoms with Gasteiger partial charge in [0.2, 0.25) is 0 Å². The minimum Gasteiger partial charge on any atom is -0.507 e. The first-order valence-electron chi connectivity index (χ1n) is 5.47. The van der Waals surface area contributed by atoms with Crippen LogP contribution in [0.15, 0.2) is 42.5 Å². The summed E-state index contributed by atoms with van der Waals surface area (Å²) in [5.74, 6) is -2.08. The van der Waals surface area contributed by atoms with E-state index in [0.29, 0.717) is 0 Å². The Morgan fingerprint density at radius 3 is 2.21 bits per heavy atom. The van der Waals surface area contributed by atoms with Crippen LogP contribution in [0, 0.1) is 0 Å². The number of hydrogen-bond donors (Lipinski definition) is 3. The number of aromatic carboxylic acids is 1. The van der Waals surface area contributed by atoms with Crippen molar-refractivity contribution in [2.75, 3.05) is 5.73 Å². The van der Waals surface area contributed by atoms with E-state index in [4.69, 9.17) is 10.8 Å². The number of phenols is 1. The zero-order valence-corrected chi connectivity index (χ0v) is 9.83. The van der Waals surface area contributed by atoms with E-state index in [9.17, 15) is 14.7 Å². The third-order valence-corrected chi connectivity index (χ3v) is 2.70. The van der Waals surface area contributed by atoms with Gasteiger partial charge in [-0.25, -0.2) is 4.79 Å². The van der Waals surface area contributed by atoms with E-state index in [1.54, 1.807) is 12.1 Å². The lowest BCUT2D eigenvalue weighted by Gasteiger charge is -2.09. The molecule has 0 aliphatic carbocycles. The average molecular weight is 257 g/mol. The molecule has 0 aromatic heterocycles. The van der Waals surface area contributed by atoms with Crippen molar-refractivity contribution in [2.24, 2.45) is 0 Å². The Kier molecular flexibility index (Phi) is 3.20. The third-order valence-electron chi connectivity index (χ3n) is 2.70. The van der Waals surface area contributed by atoms with Crippen molar-refractivity contribution in [2.45, 2.75) is 0 Å². The number of rotatable bonds is 3. The molecule has 5 nitrogen and oxygen atoms in total. The van der Waals surface area contributed by atoms with Gasteiger partial charge in [0.1, 0.15) is 5.75 Å². The highest BCUT2D eigenvalue weighted by molar-refractivity contribution is 6.18. The minimum atomic E-state index is -1.24. The second-order valence-electron chi connectivity index (χ2n) is 3.92. The highest BCUT2D eigenvalue weighted by Crippen LogP contribution is 2.25. The number of nitrogens with two attached hydrogens (primary N) is 1. The van der Waals surface area contributed by atoms with Crippen molar-refractivity contribution in [3.8, 4) is 5.75 Å². The summed E-state index contributed by atoms with van der Waals surface area (Å²) in [6, 6.07) is 10.1. The van der Waals surface area contributed by atoms with Crippen LogP contribution in [0.3, 0.4) is 0 Å². The average Bonchev–Trinajstić information content (AvgIpc) is 2.38. The fourth-order valence-electron chi connectivity index (χ4n) is 1.80. The molecule has 0 amide bonds. The highest BCUT2D eigenvalue weighted by Gasteiger charge is 2.22. The van der Waals surface area contributed by atoms with Crippen LogP contribution in [0.5, 0.6) is 5.75 Å². The summed E-state index contributed by atoms with van der Waals surface area (Å²) >= 11 is 0. The summed E-state index contributed by atoms with van der Waals surface area (Å²) in [5, 5.41) is 18.7. The molecular weight excluding hydrogens is 246 g/mol. The molecule has 2 aromatic rings. The highest BCUT2D eigenvalue weighted by atomic mass is 16.4.